The first-order valence-corrected chi connectivity index (χ1v) is 9.89. The van der Waals surface area contributed by atoms with Gasteiger partial charge in [0.05, 0.1) is 5.56 Å². The number of anilines is 1. The molecule has 142 valence electrons. The fraction of sp³-hybridized carbons (Fsp3) is 0.619. The van der Waals surface area contributed by atoms with Crippen LogP contribution in [0.5, 0.6) is 0 Å². The summed E-state index contributed by atoms with van der Waals surface area (Å²) in [6, 6.07) is 8.31. The van der Waals surface area contributed by atoms with Gasteiger partial charge in [-0.05, 0) is 51.7 Å². The van der Waals surface area contributed by atoms with E-state index < -0.39 is 0 Å². The summed E-state index contributed by atoms with van der Waals surface area (Å²) >= 11 is 0. The molecule has 0 unspecified atom stereocenters. The summed E-state index contributed by atoms with van der Waals surface area (Å²) in [5, 5.41) is 3.22. The smallest absolute Gasteiger partial charge is 0.255 e. The summed E-state index contributed by atoms with van der Waals surface area (Å²) in [5.41, 5.74) is 1.77. The standard InChI is InChI=1S/C21H31N3O2/c1-15(2)23(3)21(26)18-9-4-5-10-19(18)24-13-11-17(12-14-24)22-20(25)16-7-6-8-16/h4-5,9-10,15-17H,6-8,11-14H2,1-3H3,(H,22,25). The van der Waals surface area contributed by atoms with Crippen molar-refractivity contribution in [2.45, 2.75) is 58.0 Å². The van der Waals surface area contributed by atoms with Crippen molar-refractivity contribution in [3.05, 3.63) is 29.8 Å². The maximum Gasteiger partial charge on any atom is 0.255 e. The number of nitrogens with one attached hydrogen (secondary N) is 1. The Bertz CT molecular complexity index is 646. The molecular weight excluding hydrogens is 326 g/mol. The van der Waals surface area contributed by atoms with Gasteiger partial charge in [-0.2, -0.15) is 0 Å². The highest BCUT2D eigenvalue weighted by atomic mass is 16.2. The van der Waals surface area contributed by atoms with Crippen LogP contribution in [0.15, 0.2) is 24.3 Å². The molecule has 2 amide bonds. The first-order chi connectivity index (χ1) is 12.5. The number of para-hydroxylation sites is 1. The third-order valence-corrected chi connectivity index (χ3v) is 5.89. The maximum absolute atomic E-state index is 12.8. The fourth-order valence-electron chi connectivity index (χ4n) is 3.61. The topological polar surface area (TPSA) is 52.7 Å². The Hall–Kier alpha value is -2.04. The first kappa shape index (κ1) is 18.7. The van der Waals surface area contributed by atoms with E-state index >= 15 is 0 Å². The summed E-state index contributed by atoms with van der Waals surface area (Å²) in [6.45, 7) is 5.78. The van der Waals surface area contributed by atoms with Crippen molar-refractivity contribution in [2.24, 2.45) is 5.92 Å². The van der Waals surface area contributed by atoms with E-state index in [4.69, 9.17) is 0 Å². The average molecular weight is 357 g/mol. The molecule has 1 aromatic rings. The molecule has 26 heavy (non-hydrogen) atoms. The third kappa shape index (κ3) is 4.02. The van der Waals surface area contributed by atoms with Crippen molar-refractivity contribution in [2.75, 3.05) is 25.0 Å². The van der Waals surface area contributed by atoms with E-state index in [1.165, 1.54) is 6.42 Å². The van der Waals surface area contributed by atoms with Crippen molar-refractivity contribution in [3.8, 4) is 0 Å². The van der Waals surface area contributed by atoms with Crippen LogP contribution in [0.2, 0.25) is 0 Å². The van der Waals surface area contributed by atoms with Gasteiger partial charge in [0, 0.05) is 43.8 Å². The van der Waals surface area contributed by atoms with Gasteiger partial charge in [0.25, 0.3) is 5.91 Å². The minimum atomic E-state index is 0.0657. The lowest BCUT2D eigenvalue weighted by Crippen LogP contribution is -2.47. The van der Waals surface area contributed by atoms with Crippen molar-refractivity contribution >= 4 is 17.5 Å². The van der Waals surface area contributed by atoms with Gasteiger partial charge in [-0.15, -0.1) is 0 Å². The van der Waals surface area contributed by atoms with Crippen molar-refractivity contribution in [1.29, 1.82) is 0 Å². The Morgan fingerprint density at radius 2 is 1.77 bits per heavy atom. The molecule has 0 bridgehead atoms. The lowest BCUT2D eigenvalue weighted by atomic mass is 9.84. The molecule has 1 aliphatic carbocycles. The second-order valence-corrected chi connectivity index (χ2v) is 7.92. The van der Waals surface area contributed by atoms with E-state index in [9.17, 15) is 9.59 Å². The number of carbonyl (C=O) groups excluding carboxylic acids is 2. The molecule has 1 N–H and O–H groups in total. The Kier molecular flexibility index (Phi) is 5.84. The molecular formula is C21H31N3O2. The van der Waals surface area contributed by atoms with Crippen LogP contribution in [0.25, 0.3) is 0 Å². The second-order valence-electron chi connectivity index (χ2n) is 7.92. The average Bonchev–Trinajstić information content (AvgIpc) is 2.59. The summed E-state index contributed by atoms with van der Waals surface area (Å²) in [4.78, 5) is 29.0. The number of benzene rings is 1. The van der Waals surface area contributed by atoms with E-state index in [-0.39, 0.29) is 29.8 Å². The molecule has 0 atom stereocenters. The van der Waals surface area contributed by atoms with Crippen LogP contribution in [0.3, 0.4) is 0 Å². The highest BCUT2D eigenvalue weighted by molar-refractivity contribution is 5.99. The number of nitrogens with zero attached hydrogens (tertiary/aromatic N) is 2. The van der Waals surface area contributed by atoms with Gasteiger partial charge in [0.2, 0.25) is 5.91 Å². The van der Waals surface area contributed by atoms with Gasteiger partial charge in [0.15, 0.2) is 0 Å². The number of rotatable bonds is 5. The maximum atomic E-state index is 12.8. The molecule has 5 heteroatoms. The molecule has 0 aromatic heterocycles. The minimum Gasteiger partial charge on any atom is -0.371 e. The molecule has 1 heterocycles. The van der Waals surface area contributed by atoms with E-state index in [1.54, 1.807) is 4.90 Å². The van der Waals surface area contributed by atoms with Gasteiger partial charge in [-0.1, -0.05) is 18.6 Å². The molecule has 2 aliphatic rings. The van der Waals surface area contributed by atoms with Gasteiger partial charge in [-0.3, -0.25) is 9.59 Å². The number of hydrogen-bond acceptors (Lipinski definition) is 3. The van der Waals surface area contributed by atoms with Gasteiger partial charge >= 0.3 is 0 Å². The van der Waals surface area contributed by atoms with Crippen LogP contribution in [-0.4, -0.2) is 48.9 Å². The van der Waals surface area contributed by atoms with Crippen LogP contribution in [0.4, 0.5) is 5.69 Å². The lowest BCUT2D eigenvalue weighted by molar-refractivity contribution is -0.128. The Balaban J connectivity index is 1.62. The van der Waals surface area contributed by atoms with Crippen LogP contribution in [0, 0.1) is 5.92 Å². The van der Waals surface area contributed by atoms with E-state index in [0.717, 1.165) is 50.0 Å². The Morgan fingerprint density at radius 3 is 2.35 bits per heavy atom. The molecule has 1 saturated carbocycles. The predicted octanol–water partition coefficient (Wildman–Crippen LogP) is 3.05. The quantitative estimate of drug-likeness (QED) is 0.881. The Morgan fingerprint density at radius 1 is 1.12 bits per heavy atom. The summed E-state index contributed by atoms with van der Waals surface area (Å²) in [6.07, 6.45) is 5.14. The highest BCUT2D eigenvalue weighted by Crippen LogP contribution is 2.28. The van der Waals surface area contributed by atoms with E-state index in [2.05, 4.69) is 10.2 Å². The first-order valence-electron chi connectivity index (χ1n) is 9.89. The lowest BCUT2D eigenvalue weighted by Gasteiger charge is -2.36. The molecule has 3 rings (SSSR count). The molecule has 5 nitrogen and oxygen atoms in total. The highest BCUT2D eigenvalue weighted by Gasteiger charge is 2.29. The molecule has 1 saturated heterocycles. The predicted molar refractivity (Wildman–Crippen MR) is 104 cm³/mol. The number of piperidine rings is 1. The van der Waals surface area contributed by atoms with Crippen molar-refractivity contribution in [1.82, 2.24) is 10.2 Å². The van der Waals surface area contributed by atoms with Crippen LogP contribution < -0.4 is 10.2 Å². The SMILES string of the molecule is CC(C)N(C)C(=O)c1ccccc1N1CCC(NC(=O)C2CCC2)CC1. The summed E-state index contributed by atoms with van der Waals surface area (Å²) < 4.78 is 0. The van der Waals surface area contributed by atoms with Crippen LogP contribution in [-0.2, 0) is 4.79 Å². The zero-order valence-corrected chi connectivity index (χ0v) is 16.2. The van der Waals surface area contributed by atoms with E-state index in [1.807, 2.05) is 45.2 Å². The van der Waals surface area contributed by atoms with E-state index in [0.29, 0.717) is 0 Å². The normalized spacial score (nSPS) is 18.5. The van der Waals surface area contributed by atoms with Crippen LogP contribution >= 0.6 is 0 Å². The molecule has 0 spiro atoms. The molecule has 1 aliphatic heterocycles. The molecule has 2 fully saturated rings. The zero-order chi connectivity index (χ0) is 18.7. The summed E-state index contributed by atoms with van der Waals surface area (Å²) in [7, 11) is 1.85. The van der Waals surface area contributed by atoms with Gasteiger partial charge in [0.1, 0.15) is 0 Å². The number of hydrogen-bond donors (Lipinski definition) is 1. The van der Waals surface area contributed by atoms with Crippen molar-refractivity contribution in [3.63, 3.8) is 0 Å². The monoisotopic (exact) mass is 357 g/mol. The third-order valence-electron chi connectivity index (χ3n) is 5.89. The molecule has 0 radical (unpaired) electrons. The fourth-order valence-corrected chi connectivity index (χ4v) is 3.61. The number of amides is 2. The van der Waals surface area contributed by atoms with Crippen LogP contribution in [0.1, 0.15) is 56.3 Å². The number of carbonyl (C=O) groups is 2. The van der Waals surface area contributed by atoms with Crippen molar-refractivity contribution < 1.29 is 9.59 Å². The zero-order valence-electron chi connectivity index (χ0n) is 16.2. The second kappa shape index (κ2) is 8.11. The minimum absolute atomic E-state index is 0.0657. The Labute approximate surface area is 156 Å². The molecule has 1 aromatic carbocycles. The van der Waals surface area contributed by atoms with Gasteiger partial charge < -0.3 is 15.1 Å². The van der Waals surface area contributed by atoms with Gasteiger partial charge in [-0.25, -0.2) is 0 Å². The largest absolute Gasteiger partial charge is 0.371 e. The summed E-state index contributed by atoms with van der Waals surface area (Å²) in [5.74, 6) is 0.554.